The van der Waals surface area contributed by atoms with Gasteiger partial charge in [0.2, 0.25) is 0 Å². The molecule has 1 aliphatic heterocycles. The number of hydrogen-bond acceptors (Lipinski definition) is 2. The smallest absolute Gasteiger partial charge is 0.197 e. The first kappa shape index (κ1) is 37.9. The molecule has 13 rings (SSSR count). The van der Waals surface area contributed by atoms with Crippen molar-refractivity contribution in [2.45, 2.75) is 38.5 Å². The van der Waals surface area contributed by atoms with Crippen LogP contribution in [0.5, 0.6) is 0 Å². The minimum Gasteiger partial charge on any atom is -0.355 e. The molecular weight excluding hydrogens is 784 g/mol. The molecule has 3 aliphatic rings. The first-order valence-electron chi connectivity index (χ1n) is 22.9. The molecule has 2 nitrogen and oxygen atoms in total. The zero-order valence-corrected chi connectivity index (χ0v) is 37.1. The summed E-state index contributed by atoms with van der Waals surface area (Å²) in [4.78, 5) is 2.58. The molecule has 1 N–H and O–H groups in total. The van der Waals surface area contributed by atoms with Crippen molar-refractivity contribution in [2.24, 2.45) is 0 Å². The molecule has 10 aromatic rings. The predicted octanol–water partition coefficient (Wildman–Crippen LogP) is 15.1. The van der Waals surface area contributed by atoms with E-state index >= 15 is 0 Å². The minimum absolute atomic E-state index is 0.144. The van der Waals surface area contributed by atoms with Crippen LogP contribution in [0.3, 0.4) is 0 Å². The second-order valence-corrected chi connectivity index (χ2v) is 19.2. The highest BCUT2D eigenvalue weighted by Crippen LogP contribution is 2.54. The molecular formula is C62H46BN2. The molecule has 1 radical (unpaired) electrons. The molecule has 0 saturated carbocycles. The highest BCUT2D eigenvalue weighted by molar-refractivity contribution is 6.74. The molecule has 0 fully saturated rings. The molecule has 0 atom stereocenters. The van der Waals surface area contributed by atoms with Gasteiger partial charge >= 0.3 is 0 Å². The monoisotopic (exact) mass is 829 g/mol. The molecule has 307 valence electrons. The van der Waals surface area contributed by atoms with Crippen molar-refractivity contribution in [1.29, 1.82) is 0 Å². The average molecular weight is 830 g/mol. The minimum atomic E-state index is -0.147. The van der Waals surface area contributed by atoms with E-state index in [-0.39, 0.29) is 10.8 Å². The Labute approximate surface area is 382 Å². The molecule has 0 aromatic heterocycles. The lowest BCUT2D eigenvalue weighted by Gasteiger charge is -2.37. The summed E-state index contributed by atoms with van der Waals surface area (Å²) in [7, 11) is 2.49. The lowest BCUT2D eigenvalue weighted by atomic mass is 9.57. The van der Waals surface area contributed by atoms with E-state index in [0.29, 0.717) is 0 Å². The Morgan fingerprint density at radius 2 is 1.00 bits per heavy atom. The maximum Gasteiger partial charge on any atom is 0.197 e. The maximum atomic E-state index is 3.95. The fourth-order valence-corrected chi connectivity index (χ4v) is 11.6. The van der Waals surface area contributed by atoms with Gasteiger partial charge in [0.1, 0.15) is 0 Å². The van der Waals surface area contributed by atoms with Gasteiger partial charge in [0, 0.05) is 44.8 Å². The van der Waals surface area contributed by atoms with Gasteiger partial charge in [-0.25, -0.2) is 0 Å². The molecule has 3 heteroatoms. The quantitative estimate of drug-likeness (QED) is 0.174. The molecule has 65 heavy (non-hydrogen) atoms. The van der Waals surface area contributed by atoms with Crippen LogP contribution in [0, 0.1) is 0 Å². The summed E-state index contributed by atoms with van der Waals surface area (Å²) in [5.41, 5.74) is 23.5. The number of benzene rings is 10. The largest absolute Gasteiger partial charge is 0.355 e. The van der Waals surface area contributed by atoms with E-state index in [0.717, 1.165) is 11.4 Å². The predicted molar refractivity (Wildman–Crippen MR) is 277 cm³/mol. The molecule has 0 amide bonds. The summed E-state index contributed by atoms with van der Waals surface area (Å²) in [6.07, 6.45) is 0. The van der Waals surface area contributed by atoms with E-state index in [4.69, 9.17) is 0 Å². The summed E-state index contributed by atoms with van der Waals surface area (Å²) in [5, 5.41) is 8.80. The molecule has 0 unspecified atom stereocenters. The van der Waals surface area contributed by atoms with E-state index < -0.39 is 0 Å². The number of nitrogens with zero attached hydrogens (tertiary/aromatic N) is 1. The standard InChI is InChI=1S/C62H46BN2/c1-61(2)50-24-14-12-22-46(50)48-32-31-43(35-52(48)61)65-56-37-53-49(47-23-13-15-25-51(47)62(53,3)4)36-54(56)63-60-57(65)34-41-19-9-11-21-45(41)59(60)58-44-20-10-8-18-40(44)28-33-55(58)64-42-29-26-39(27-30-42)38-16-6-5-7-17-38/h5-37,64H,1-4H3. The van der Waals surface area contributed by atoms with Crippen molar-refractivity contribution >= 4 is 68.2 Å². The van der Waals surface area contributed by atoms with E-state index in [1.165, 1.54) is 116 Å². The van der Waals surface area contributed by atoms with E-state index in [2.05, 4.69) is 245 Å². The lowest BCUT2D eigenvalue weighted by Crippen LogP contribution is -2.41. The van der Waals surface area contributed by atoms with Gasteiger partial charge < -0.3 is 10.2 Å². The van der Waals surface area contributed by atoms with Crippen molar-refractivity contribution in [1.82, 2.24) is 0 Å². The fraction of sp³-hybridized carbons (Fsp3) is 0.0968. The number of fused-ring (bicyclic) bond motifs is 10. The van der Waals surface area contributed by atoms with Crippen LogP contribution in [-0.2, 0) is 10.8 Å². The Balaban J connectivity index is 1.07. The third-order valence-electron chi connectivity index (χ3n) is 14.9. The SMILES string of the molecule is CC1(C)c2ccccc2-c2ccc(N3c4cc5c(cc4[B]c4c3cc3ccccc3c4-c3c(Nc4ccc(-c6ccccc6)cc4)ccc4ccccc34)-c3ccccc3C5(C)C)cc21. The van der Waals surface area contributed by atoms with E-state index in [1.54, 1.807) is 0 Å². The highest BCUT2D eigenvalue weighted by atomic mass is 15.2. The van der Waals surface area contributed by atoms with Crippen LogP contribution < -0.4 is 21.1 Å². The molecule has 0 spiro atoms. The topological polar surface area (TPSA) is 15.3 Å². The number of nitrogens with one attached hydrogen (secondary N) is 1. The molecule has 0 bridgehead atoms. The van der Waals surface area contributed by atoms with E-state index in [9.17, 15) is 0 Å². The zero-order valence-electron chi connectivity index (χ0n) is 37.1. The second kappa shape index (κ2) is 13.9. The molecule has 2 aliphatic carbocycles. The summed E-state index contributed by atoms with van der Waals surface area (Å²) < 4.78 is 0. The Bertz CT molecular complexity index is 3600. The number of hydrogen-bond donors (Lipinski definition) is 1. The first-order valence-corrected chi connectivity index (χ1v) is 22.9. The lowest BCUT2D eigenvalue weighted by molar-refractivity contribution is 0.660. The van der Waals surface area contributed by atoms with Crippen molar-refractivity contribution in [2.75, 3.05) is 10.2 Å². The van der Waals surface area contributed by atoms with Crippen molar-refractivity contribution in [3.8, 4) is 44.5 Å². The van der Waals surface area contributed by atoms with Gasteiger partial charge in [-0.3, -0.25) is 0 Å². The zero-order chi connectivity index (χ0) is 43.6. The summed E-state index contributed by atoms with van der Waals surface area (Å²) in [6.45, 7) is 9.55. The van der Waals surface area contributed by atoms with Gasteiger partial charge in [-0.05, 0) is 131 Å². The summed E-state index contributed by atoms with van der Waals surface area (Å²) in [5.74, 6) is 0. The fourth-order valence-electron chi connectivity index (χ4n) is 11.6. The molecule has 1 heterocycles. The van der Waals surface area contributed by atoms with Crippen LogP contribution in [0.4, 0.5) is 28.4 Å². The van der Waals surface area contributed by atoms with Gasteiger partial charge in [0.15, 0.2) is 7.28 Å². The van der Waals surface area contributed by atoms with E-state index in [1.807, 2.05) is 0 Å². The molecule has 10 aromatic carbocycles. The third-order valence-corrected chi connectivity index (χ3v) is 14.9. The number of rotatable bonds is 5. The maximum absolute atomic E-state index is 3.95. The third kappa shape index (κ3) is 5.61. The van der Waals surface area contributed by atoms with Gasteiger partial charge in [0.25, 0.3) is 0 Å². The van der Waals surface area contributed by atoms with Crippen molar-refractivity contribution in [3.63, 3.8) is 0 Å². The molecule has 0 saturated heterocycles. The van der Waals surface area contributed by atoms with Gasteiger partial charge in [0.05, 0.1) is 0 Å². The van der Waals surface area contributed by atoms with Crippen LogP contribution >= 0.6 is 0 Å². The second-order valence-electron chi connectivity index (χ2n) is 19.2. The van der Waals surface area contributed by atoms with Gasteiger partial charge in [-0.1, -0.05) is 191 Å². The Kier molecular flexibility index (Phi) is 8.13. The van der Waals surface area contributed by atoms with Crippen LogP contribution in [0.25, 0.3) is 66.1 Å². The summed E-state index contributed by atoms with van der Waals surface area (Å²) in [6, 6.07) is 74.5. The Morgan fingerprint density at radius 3 is 1.74 bits per heavy atom. The normalized spacial score (nSPS) is 14.5. The van der Waals surface area contributed by atoms with Crippen LogP contribution in [0.1, 0.15) is 49.9 Å². The number of anilines is 5. The van der Waals surface area contributed by atoms with Crippen LogP contribution in [0.15, 0.2) is 200 Å². The first-order chi connectivity index (χ1) is 31.7. The van der Waals surface area contributed by atoms with Crippen LogP contribution in [0.2, 0.25) is 0 Å². The van der Waals surface area contributed by atoms with Crippen molar-refractivity contribution in [3.05, 3.63) is 222 Å². The highest BCUT2D eigenvalue weighted by Gasteiger charge is 2.40. The van der Waals surface area contributed by atoms with Gasteiger partial charge in [-0.2, -0.15) is 0 Å². The average Bonchev–Trinajstić information content (AvgIpc) is 3.71. The Hall–Kier alpha value is -7.62. The Morgan fingerprint density at radius 1 is 0.415 bits per heavy atom. The van der Waals surface area contributed by atoms with Crippen LogP contribution in [-0.4, -0.2) is 7.28 Å². The summed E-state index contributed by atoms with van der Waals surface area (Å²) >= 11 is 0. The van der Waals surface area contributed by atoms with Gasteiger partial charge in [-0.15, -0.1) is 0 Å². The van der Waals surface area contributed by atoms with Crippen molar-refractivity contribution < 1.29 is 0 Å².